The molecule has 3 heterocycles. The van der Waals surface area contributed by atoms with Gasteiger partial charge in [0.25, 0.3) is 0 Å². The molecule has 8 heteroatoms. The molecule has 0 aliphatic carbocycles. The first kappa shape index (κ1) is 17.6. The van der Waals surface area contributed by atoms with E-state index < -0.39 is 6.04 Å². The van der Waals surface area contributed by atoms with Gasteiger partial charge in [0.1, 0.15) is 17.9 Å². The molecule has 8 nitrogen and oxygen atoms in total. The molecule has 1 aliphatic rings. The molecule has 26 heavy (non-hydrogen) atoms. The van der Waals surface area contributed by atoms with E-state index in [-0.39, 0.29) is 29.5 Å². The van der Waals surface area contributed by atoms with Crippen LogP contribution in [0.25, 0.3) is 0 Å². The van der Waals surface area contributed by atoms with Crippen LogP contribution in [0.15, 0.2) is 28.9 Å². The number of amides is 2. The van der Waals surface area contributed by atoms with Gasteiger partial charge in [0, 0.05) is 24.1 Å². The summed E-state index contributed by atoms with van der Waals surface area (Å²) in [6, 6.07) is 6.09. The van der Waals surface area contributed by atoms with Crippen molar-refractivity contribution in [3.63, 3.8) is 0 Å². The van der Waals surface area contributed by atoms with Gasteiger partial charge in [-0.25, -0.2) is 4.98 Å². The lowest BCUT2D eigenvalue weighted by Gasteiger charge is -2.22. The summed E-state index contributed by atoms with van der Waals surface area (Å²) in [6.07, 6.45) is 2.01. The minimum absolute atomic E-state index is 0.185. The van der Waals surface area contributed by atoms with Crippen LogP contribution in [0.5, 0.6) is 0 Å². The third-order valence-electron chi connectivity index (χ3n) is 4.16. The van der Waals surface area contributed by atoms with Crippen LogP contribution in [-0.2, 0) is 15.0 Å². The molecule has 1 aliphatic heterocycles. The molecule has 0 aromatic carbocycles. The van der Waals surface area contributed by atoms with Gasteiger partial charge >= 0.3 is 0 Å². The van der Waals surface area contributed by atoms with Crippen molar-refractivity contribution in [3.05, 3.63) is 35.7 Å². The Bertz CT molecular complexity index is 873. The lowest BCUT2D eigenvalue weighted by molar-refractivity contribution is -0.120. The summed E-state index contributed by atoms with van der Waals surface area (Å²) in [7, 11) is 0. The number of pyridine rings is 1. The van der Waals surface area contributed by atoms with Gasteiger partial charge in [0.2, 0.25) is 17.7 Å². The van der Waals surface area contributed by atoms with Crippen LogP contribution in [0.1, 0.15) is 44.9 Å². The fourth-order valence-corrected chi connectivity index (χ4v) is 2.71. The van der Waals surface area contributed by atoms with Crippen molar-refractivity contribution in [2.75, 3.05) is 10.2 Å². The summed E-state index contributed by atoms with van der Waals surface area (Å²) < 4.78 is 5.18. The Hall–Kier alpha value is -3.21. The van der Waals surface area contributed by atoms with Crippen molar-refractivity contribution < 1.29 is 14.1 Å². The van der Waals surface area contributed by atoms with Crippen LogP contribution in [0.4, 0.5) is 11.7 Å². The number of nitrogens with zero attached hydrogens (tertiary/aromatic N) is 4. The SMILES string of the molecule is CC(C)(C)c1cc(NC(=O)C2CCC(=O)N2c2ccc(C#N)cn2)on1. The topological polar surface area (TPSA) is 112 Å². The molecule has 0 spiro atoms. The van der Waals surface area contributed by atoms with Crippen LogP contribution in [-0.4, -0.2) is 28.0 Å². The number of hydrogen-bond acceptors (Lipinski definition) is 6. The molecule has 2 amide bonds. The van der Waals surface area contributed by atoms with Crippen molar-refractivity contribution in [2.45, 2.75) is 45.1 Å². The third kappa shape index (κ3) is 3.42. The molecular weight excluding hydrogens is 334 g/mol. The Morgan fingerprint density at radius 1 is 1.42 bits per heavy atom. The van der Waals surface area contributed by atoms with Crippen molar-refractivity contribution in [3.8, 4) is 6.07 Å². The highest BCUT2D eigenvalue weighted by Crippen LogP contribution is 2.27. The Kier molecular flexibility index (Phi) is 4.47. The summed E-state index contributed by atoms with van der Waals surface area (Å²) in [4.78, 5) is 30.4. The Labute approximate surface area is 150 Å². The van der Waals surface area contributed by atoms with E-state index in [1.807, 2.05) is 26.8 Å². The predicted molar refractivity (Wildman–Crippen MR) is 93.3 cm³/mol. The minimum atomic E-state index is -0.689. The quantitative estimate of drug-likeness (QED) is 0.906. The van der Waals surface area contributed by atoms with E-state index in [0.717, 1.165) is 5.69 Å². The third-order valence-corrected chi connectivity index (χ3v) is 4.16. The summed E-state index contributed by atoms with van der Waals surface area (Å²) in [5, 5.41) is 15.5. The Morgan fingerprint density at radius 3 is 2.77 bits per heavy atom. The standard InChI is InChI=1S/C18H19N5O3/c1-18(2,3)13-8-15(26-22-13)21-17(25)12-5-7-16(24)23(12)14-6-4-11(9-19)10-20-14/h4,6,8,10,12H,5,7H2,1-3H3,(H,21,25). The molecule has 1 atom stereocenters. The summed E-state index contributed by atoms with van der Waals surface area (Å²) in [6.45, 7) is 5.97. The van der Waals surface area contributed by atoms with E-state index >= 15 is 0 Å². The average Bonchev–Trinajstić information content (AvgIpc) is 3.21. The van der Waals surface area contributed by atoms with Crippen molar-refractivity contribution in [1.82, 2.24) is 10.1 Å². The zero-order valence-corrected chi connectivity index (χ0v) is 14.8. The molecule has 2 aromatic rings. The zero-order valence-electron chi connectivity index (χ0n) is 14.8. The summed E-state index contributed by atoms with van der Waals surface area (Å²) in [5.74, 6) is 0.0422. The highest BCUT2D eigenvalue weighted by Gasteiger charge is 2.38. The molecule has 1 saturated heterocycles. The molecule has 2 aromatic heterocycles. The normalized spacial score (nSPS) is 17.2. The van der Waals surface area contributed by atoms with Gasteiger partial charge in [-0.2, -0.15) is 5.26 Å². The number of hydrogen-bond donors (Lipinski definition) is 1. The Morgan fingerprint density at radius 2 is 2.19 bits per heavy atom. The molecule has 0 radical (unpaired) electrons. The number of carbonyl (C=O) groups is 2. The van der Waals surface area contributed by atoms with Crippen molar-refractivity contribution in [2.24, 2.45) is 0 Å². The van der Waals surface area contributed by atoms with Gasteiger partial charge in [-0.3, -0.25) is 19.8 Å². The lowest BCUT2D eigenvalue weighted by atomic mass is 9.92. The van der Waals surface area contributed by atoms with Gasteiger partial charge in [-0.15, -0.1) is 0 Å². The first-order valence-electron chi connectivity index (χ1n) is 8.26. The molecule has 1 unspecified atom stereocenters. The second kappa shape index (κ2) is 6.59. The molecule has 1 N–H and O–H groups in total. The van der Waals surface area contributed by atoms with Crippen molar-refractivity contribution in [1.29, 1.82) is 5.26 Å². The van der Waals surface area contributed by atoms with Crippen LogP contribution in [0, 0.1) is 11.3 Å². The predicted octanol–water partition coefficient (Wildman–Crippen LogP) is 2.37. The number of rotatable bonds is 3. The second-order valence-corrected chi connectivity index (χ2v) is 7.15. The van der Waals surface area contributed by atoms with E-state index in [1.54, 1.807) is 18.2 Å². The van der Waals surface area contributed by atoms with Crippen LogP contribution in [0.3, 0.4) is 0 Å². The van der Waals surface area contributed by atoms with Crippen LogP contribution >= 0.6 is 0 Å². The molecular formula is C18H19N5O3. The van der Waals surface area contributed by atoms with E-state index in [4.69, 9.17) is 9.78 Å². The van der Waals surface area contributed by atoms with E-state index in [1.165, 1.54) is 11.1 Å². The van der Waals surface area contributed by atoms with Gasteiger partial charge in [0.05, 0.1) is 11.3 Å². The number of nitrogens with one attached hydrogen (secondary N) is 1. The van der Waals surface area contributed by atoms with E-state index in [0.29, 0.717) is 17.8 Å². The fraction of sp³-hybridized carbons (Fsp3) is 0.389. The van der Waals surface area contributed by atoms with Gasteiger partial charge in [-0.05, 0) is 18.6 Å². The summed E-state index contributed by atoms with van der Waals surface area (Å²) >= 11 is 0. The largest absolute Gasteiger partial charge is 0.338 e. The molecule has 0 saturated carbocycles. The zero-order chi connectivity index (χ0) is 18.9. The van der Waals surface area contributed by atoms with E-state index in [9.17, 15) is 9.59 Å². The minimum Gasteiger partial charge on any atom is -0.338 e. The van der Waals surface area contributed by atoms with Crippen molar-refractivity contribution >= 4 is 23.5 Å². The Balaban J connectivity index is 1.78. The summed E-state index contributed by atoms with van der Waals surface area (Å²) in [5.41, 5.74) is 0.910. The maximum Gasteiger partial charge on any atom is 0.250 e. The average molecular weight is 353 g/mol. The molecule has 0 bridgehead atoms. The van der Waals surface area contributed by atoms with Gasteiger partial charge in [-0.1, -0.05) is 25.9 Å². The number of aromatic nitrogens is 2. The maximum atomic E-state index is 12.7. The van der Waals surface area contributed by atoms with Crippen LogP contribution < -0.4 is 10.2 Å². The first-order valence-corrected chi connectivity index (χ1v) is 8.26. The van der Waals surface area contributed by atoms with Gasteiger partial charge in [0.15, 0.2) is 0 Å². The number of carbonyl (C=O) groups excluding carboxylic acids is 2. The van der Waals surface area contributed by atoms with Gasteiger partial charge < -0.3 is 4.52 Å². The molecule has 134 valence electrons. The van der Waals surface area contributed by atoms with E-state index in [2.05, 4.69) is 15.5 Å². The highest BCUT2D eigenvalue weighted by molar-refractivity contribution is 6.06. The second-order valence-electron chi connectivity index (χ2n) is 7.15. The first-order chi connectivity index (χ1) is 12.3. The van der Waals surface area contributed by atoms with Crippen LogP contribution in [0.2, 0.25) is 0 Å². The lowest BCUT2D eigenvalue weighted by Crippen LogP contribution is -2.42. The maximum absolute atomic E-state index is 12.7. The highest BCUT2D eigenvalue weighted by atomic mass is 16.5. The molecule has 1 fully saturated rings. The molecule has 3 rings (SSSR count). The smallest absolute Gasteiger partial charge is 0.250 e. The number of anilines is 2. The monoisotopic (exact) mass is 353 g/mol. The number of nitriles is 1. The fourth-order valence-electron chi connectivity index (χ4n) is 2.71.